The lowest BCUT2D eigenvalue weighted by molar-refractivity contribution is 0.190. The van der Waals surface area contributed by atoms with E-state index in [1.807, 2.05) is 11.8 Å². The van der Waals surface area contributed by atoms with Gasteiger partial charge in [0, 0.05) is 49.6 Å². The number of halogens is 1. The minimum Gasteiger partial charge on any atom is -0.484 e. The highest BCUT2D eigenvalue weighted by Crippen LogP contribution is 2.41. The van der Waals surface area contributed by atoms with Gasteiger partial charge >= 0.3 is 0 Å². The second-order valence-electron chi connectivity index (χ2n) is 7.70. The number of nitrogens with one attached hydrogen (secondary N) is 2. The fourth-order valence-electron chi connectivity index (χ4n) is 3.18. The predicted octanol–water partition coefficient (Wildman–Crippen LogP) is 2.16. The number of allylic oxidation sites excluding steroid dienone is 1. The molecule has 152 valence electrons. The third-order valence-electron chi connectivity index (χ3n) is 5.42. The summed E-state index contributed by atoms with van der Waals surface area (Å²) in [6.45, 7) is 8.33. The molecule has 1 aromatic carbocycles. The van der Waals surface area contributed by atoms with Crippen LogP contribution in [0, 0.1) is 16.6 Å². The van der Waals surface area contributed by atoms with Crippen LogP contribution in [-0.2, 0) is 0 Å². The van der Waals surface area contributed by atoms with Crippen LogP contribution in [0.2, 0.25) is 0 Å². The van der Waals surface area contributed by atoms with Crippen molar-refractivity contribution in [2.24, 2.45) is 5.73 Å². The first-order valence-corrected chi connectivity index (χ1v) is 9.63. The van der Waals surface area contributed by atoms with Crippen molar-refractivity contribution in [1.82, 2.24) is 9.80 Å². The van der Waals surface area contributed by atoms with Gasteiger partial charge in [-0.3, -0.25) is 10.8 Å². The molecule has 3 rings (SSSR count). The number of ether oxygens (including phenoxy) is 1. The Labute approximate surface area is 165 Å². The number of piperazine rings is 1. The molecule has 7 nitrogen and oxygen atoms in total. The molecule has 2 fully saturated rings. The van der Waals surface area contributed by atoms with Gasteiger partial charge in [0.15, 0.2) is 11.6 Å². The van der Waals surface area contributed by atoms with Crippen LogP contribution >= 0.6 is 0 Å². The molecule has 1 saturated heterocycles. The number of hydrogen-bond donors (Lipinski definition) is 4. The average molecular weight is 388 g/mol. The van der Waals surface area contributed by atoms with Crippen LogP contribution < -0.4 is 16.2 Å². The normalized spacial score (nSPS) is 19.4. The largest absolute Gasteiger partial charge is 0.484 e. The molecule has 2 aliphatic rings. The predicted molar refractivity (Wildman–Crippen MR) is 110 cm³/mol. The molecular formula is C20H29FN6O. The topological polar surface area (TPSA) is 115 Å². The fraction of sp³-hybridized carbons (Fsp3) is 0.500. The maximum atomic E-state index is 14.2. The van der Waals surface area contributed by atoms with Crippen LogP contribution in [0.3, 0.4) is 0 Å². The van der Waals surface area contributed by atoms with Crippen molar-refractivity contribution in [1.29, 1.82) is 10.8 Å². The first kappa shape index (κ1) is 20.1. The van der Waals surface area contributed by atoms with Gasteiger partial charge in [-0.2, -0.15) is 0 Å². The number of nitrogen functional groups attached to an aromatic ring is 1. The Bertz CT molecular complexity index is 809. The first-order chi connectivity index (χ1) is 13.2. The zero-order chi connectivity index (χ0) is 20.5. The Morgan fingerprint density at radius 1 is 1.25 bits per heavy atom. The highest BCUT2D eigenvalue weighted by atomic mass is 19.1. The smallest absolute Gasteiger partial charge is 0.167 e. The standard InChI is InChI=1S/C20H29FN6O/c1-3-26-6-8-27(9-7-26)18(24)12-16(23)19(25)13-10-17(14(21)11-15(13)22)28-20(2)4-5-20/h10-12,24-25H,3-9,22-23H2,1-2H3. The molecule has 1 aromatic rings. The zero-order valence-electron chi connectivity index (χ0n) is 16.5. The van der Waals surface area contributed by atoms with Gasteiger partial charge in [0.05, 0.1) is 11.4 Å². The van der Waals surface area contributed by atoms with Crippen LogP contribution in [0.1, 0.15) is 32.3 Å². The van der Waals surface area contributed by atoms with Crippen molar-refractivity contribution in [3.63, 3.8) is 0 Å². The highest BCUT2D eigenvalue weighted by molar-refractivity contribution is 6.15. The molecule has 0 aromatic heterocycles. The zero-order valence-corrected chi connectivity index (χ0v) is 16.5. The van der Waals surface area contributed by atoms with Gasteiger partial charge < -0.3 is 26.0 Å². The molecular weight excluding hydrogens is 359 g/mol. The molecule has 0 radical (unpaired) electrons. The van der Waals surface area contributed by atoms with Crippen molar-refractivity contribution < 1.29 is 9.13 Å². The van der Waals surface area contributed by atoms with Crippen LogP contribution in [0.15, 0.2) is 23.9 Å². The summed E-state index contributed by atoms with van der Waals surface area (Å²) < 4.78 is 19.9. The summed E-state index contributed by atoms with van der Waals surface area (Å²) in [5, 5.41) is 16.7. The van der Waals surface area contributed by atoms with E-state index in [2.05, 4.69) is 11.8 Å². The van der Waals surface area contributed by atoms with Gasteiger partial charge in [-0.05, 0) is 32.4 Å². The minimum absolute atomic E-state index is 0.0414. The molecule has 0 unspecified atom stereocenters. The molecule has 8 heteroatoms. The Kier molecular flexibility index (Phi) is 5.60. The van der Waals surface area contributed by atoms with Gasteiger partial charge in [-0.1, -0.05) is 6.92 Å². The lowest BCUT2D eigenvalue weighted by Gasteiger charge is -2.34. The second kappa shape index (κ2) is 7.79. The van der Waals surface area contributed by atoms with E-state index in [1.54, 1.807) is 0 Å². The molecule has 28 heavy (non-hydrogen) atoms. The molecule has 0 spiro atoms. The van der Waals surface area contributed by atoms with Crippen molar-refractivity contribution in [2.75, 3.05) is 38.5 Å². The van der Waals surface area contributed by atoms with E-state index in [0.29, 0.717) is 5.56 Å². The number of rotatable bonds is 6. The van der Waals surface area contributed by atoms with E-state index in [4.69, 9.17) is 27.0 Å². The summed E-state index contributed by atoms with van der Waals surface area (Å²) in [4.78, 5) is 4.25. The van der Waals surface area contributed by atoms with Crippen molar-refractivity contribution in [3.05, 3.63) is 35.3 Å². The van der Waals surface area contributed by atoms with E-state index in [9.17, 15) is 4.39 Å². The SMILES string of the molecule is CCN1CCN(C(=N)C=C(N)C(=N)c2cc(OC3(C)CC3)c(F)cc2N)CC1. The van der Waals surface area contributed by atoms with E-state index in [0.717, 1.165) is 51.6 Å². The maximum Gasteiger partial charge on any atom is 0.167 e. The first-order valence-electron chi connectivity index (χ1n) is 9.63. The lowest BCUT2D eigenvalue weighted by Crippen LogP contribution is -2.48. The molecule has 1 saturated carbocycles. The van der Waals surface area contributed by atoms with Crippen LogP contribution in [0.25, 0.3) is 0 Å². The molecule has 0 amide bonds. The summed E-state index contributed by atoms with van der Waals surface area (Å²) in [5.41, 5.74) is 12.2. The van der Waals surface area contributed by atoms with Crippen molar-refractivity contribution in [2.45, 2.75) is 32.3 Å². The van der Waals surface area contributed by atoms with Gasteiger partial charge in [0.2, 0.25) is 0 Å². The Balaban J connectivity index is 1.74. The average Bonchev–Trinajstić information content (AvgIpc) is 3.40. The summed E-state index contributed by atoms with van der Waals surface area (Å²) >= 11 is 0. The maximum absolute atomic E-state index is 14.2. The quantitative estimate of drug-likeness (QED) is 0.339. The number of nitrogens with zero attached hydrogens (tertiary/aromatic N) is 2. The number of nitrogens with two attached hydrogens (primary N) is 2. The molecule has 6 N–H and O–H groups in total. The summed E-state index contributed by atoms with van der Waals surface area (Å²) in [6, 6.07) is 2.59. The number of hydrogen-bond acceptors (Lipinski definition) is 6. The van der Waals surface area contributed by atoms with Crippen LogP contribution in [0.4, 0.5) is 10.1 Å². The Morgan fingerprint density at radius 2 is 1.89 bits per heavy atom. The fourth-order valence-corrected chi connectivity index (χ4v) is 3.18. The third kappa shape index (κ3) is 4.44. The molecule has 1 aliphatic heterocycles. The van der Waals surface area contributed by atoms with Gasteiger partial charge in [0.1, 0.15) is 11.4 Å². The number of benzene rings is 1. The minimum atomic E-state index is -0.550. The third-order valence-corrected chi connectivity index (χ3v) is 5.42. The van der Waals surface area contributed by atoms with Gasteiger partial charge in [0.25, 0.3) is 0 Å². The van der Waals surface area contributed by atoms with Crippen molar-refractivity contribution >= 4 is 17.2 Å². The monoisotopic (exact) mass is 388 g/mol. The molecule has 1 heterocycles. The number of likely N-dealkylation sites (N-methyl/N-ethyl adjacent to an activating group) is 1. The summed E-state index contributed by atoms with van der Waals surface area (Å²) in [7, 11) is 0. The summed E-state index contributed by atoms with van der Waals surface area (Å²) in [6.07, 6.45) is 3.21. The highest BCUT2D eigenvalue weighted by Gasteiger charge is 2.40. The van der Waals surface area contributed by atoms with E-state index >= 15 is 0 Å². The van der Waals surface area contributed by atoms with Gasteiger partial charge in [-0.25, -0.2) is 4.39 Å². The summed E-state index contributed by atoms with van der Waals surface area (Å²) in [5.74, 6) is -0.209. The Hall–Kier alpha value is -2.61. The lowest BCUT2D eigenvalue weighted by atomic mass is 10.0. The number of amidine groups is 1. The molecule has 1 aliphatic carbocycles. The van der Waals surface area contributed by atoms with E-state index in [1.165, 1.54) is 12.1 Å². The Morgan fingerprint density at radius 3 is 2.46 bits per heavy atom. The van der Waals surface area contributed by atoms with E-state index < -0.39 is 5.82 Å². The molecule has 0 atom stereocenters. The second-order valence-corrected chi connectivity index (χ2v) is 7.70. The molecule has 0 bridgehead atoms. The van der Waals surface area contributed by atoms with Crippen LogP contribution in [0.5, 0.6) is 5.75 Å². The van der Waals surface area contributed by atoms with Crippen molar-refractivity contribution in [3.8, 4) is 5.75 Å². The van der Waals surface area contributed by atoms with Gasteiger partial charge in [-0.15, -0.1) is 0 Å². The van der Waals surface area contributed by atoms with Crippen LogP contribution in [-0.4, -0.2) is 59.7 Å². The number of anilines is 1. The van der Waals surface area contributed by atoms with E-state index in [-0.39, 0.29) is 34.3 Å².